The van der Waals surface area contributed by atoms with Crippen molar-refractivity contribution >= 4 is 16.7 Å². The largest absolute Gasteiger partial charge is 0.415 e. The lowest BCUT2D eigenvalue weighted by Crippen LogP contribution is -2.06. The first-order chi connectivity index (χ1) is 16.0. The highest BCUT2D eigenvalue weighted by atomic mass is 19.3. The van der Waals surface area contributed by atoms with Crippen molar-refractivity contribution in [3.63, 3.8) is 0 Å². The summed E-state index contributed by atoms with van der Waals surface area (Å²) in [6, 6.07) is 13.5. The summed E-state index contributed by atoms with van der Waals surface area (Å²) in [6.07, 6.45) is -2.90. The Morgan fingerprint density at radius 2 is 1.85 bits per heavy atom. The Hall–Kier alpha value is -4.35. The van der Waals surface area contributed by atoms with Crippen molar-refractivity contribution in [2.45, 2.75) is 13.0 Å². The molecule has 12 heteroatoms. The summed E-state index contributed by atoms with van der Waals surface area (Å²) in [5, 5.41) is 23.1. The number of tetrazole rings is 1. The molecular formula is C21H15F3N8O. The molecule has 0 saturated carbocycles. The molecule has 166 valence electrons. The Balaban J connectivity index is 1.35. The number of hydrogen-bond donors (Lipinski definition) is 1. The molecule has 5 aromatic rings. The molecule has 0 saturated heterocycles. The minimum atomic E-state index is -2.90. The highest BCUT2D eigenvalue weighted by molar-refractivity contribution is 5.84. The number of anilines is 1. The number of aromatic nitrogens is 7. The molecule has 5 rings (SSSR count). The van der Waals surface area contributed by atoms with Crippen molar-refractivity contribution in [3.8, 4) is 22.8 Å². The van der Waals surface area contributed by atoms with Crippen LogP contribution < -0.4 is 5.32 Å². The number of alkyl halides is 2. The minimum Gasteiger partial charge on any atom is -0.415 e. The van der Waals surface area contributed by atoms with Gasteiger partial charge in [0, 0.05) is 29.1 Å². The number of nitrogens with zero attached hydrogens (tertiary/aromatic N) is 7. The molecule has 1 N–H and O–H groups in total. The van der Waals surface area contributed by atoms with Crippen LogP contribution in [0.15, 0.2) is 52.9 Å². The molecule has 0 radical (unpaired) electrons. The van der Waals surface area contributed by atoms with Crippen LogP contribution >= 0.6 is 0 Å². The van der Waals surface area contributed by atoms with Crippen LogP contribution in [0.5, 0.6) is 0 Å². The van der Waals surface area contributed by atoms with Crippen LogP contribution in [0.2, 0.25) is 0 Å². The first-order valence-electron chi connectivity index (χ1n) is 9.77. The van der Waals surface area contributed by atoms with Gasteiger partial charge in [0.05, 0.1) is 12.1 Å². The van der Waals surface area contributed by atoms with Crippen LogP contribution in [0.3, 0.4) is 0 Å². The Bertz CT molecular complexity index is 1450. The lowest BCUT2D eigenvalue weighted by Gasteiger charge is -2.04. The summed E-state index contributed by atoms with van der Waals surface area (Å²) in [5.74, 6) is -0.455. The van der Waals surface area contributed by atoms with E-state index in [0.717, 1.165) is 28.4 Å². The molecule has 0 spiro atoms. The second-order valence-electron chi connectivity index (χ2n) is 7.05. The quantitative estimate of drug-likeness (QED) is 0.410. The van der Waals surface area contributed by atoms with E-state index >= 15 is 0 Å². The summed E-state index contributed by atoms with van der Waals surface area (Å²) >= 11 is 0. The molecule has 33 heavy (non-hydrogen) atoms. The summed E-state index contributed by atoms with van der Waals surface area (Å²) in [4.78, 5) is 5.74. The molecule has 0 aliphatic rings. The Morgan fingerprint density at radius 3 is 2.61 bits per heavy atom. The van der Waals surface area contributed by atoms with E-state index in [2.05, 4.69) is 35.9 Å². The summed E-state index contributed by atoms with van der Waals surface area (Å²) in [5.41, 5.74) is 2.03. The predicted molar refractivity (Wildman–Crippen MR) is 112 cm³/mol. The predicted octanol–water partition coefficient (Wildman–Crippen LogP) is 4.11. The SMILES string of the molecule is CNc1ccc2cc(-c3nnn(Cc4ccc(-c5nnc(C(F)F)o5)cc4F)n3)ccc2n1. The fourth-order valence-electron chi connectivity index (χ4n) is 3.23. The zero-order chi connectivity index (χ0) is 22.9. The number of hydrogen-bond acceptors (Lipinski definition) is 8. The molecule has 0 aliphatic heterocycles. The smallest absolute Gasteiger partial charge is 0.314 e. The third-order valence-electron chi connectivity index (χ3n) is 4.90. The maximum atomic E-state index is 14.6. The van der Waals surface area contributed by atoms with Gasteiger partial charge < -0.3 is 9.73 Å². The summed E-state index contributed by atoms with van der Waals surface area (Å²) in [6.45, 7) is 0.0197. The van der Waals surface area contributed by atoms with Crippen molar-refractivity contribution in [3.05, 3.63) is 65.8 Å². The van der Waals surface area contributed by atoms with Crippen molar-refractivity contribution in [1.82, 2.24) is 35.4 Å². The van der Waals surface area contributed by atoms with Gasteiger partial charge in [0.15, 0.2) is 0 Å². The van der Waals surface area contributed by atoms with Crippen LogP contribution in [0.1, 0.15) is 17.9 Å². The van der Waals surface area contributed by atoms with Crippen molar-refractivity contribution in [2.75, 3.05) is 12.4 Å². The van der Waals surface area contributed by atoms with Gasteiger partial charge >= 0.3 is 6.43 Å². The molecule has 0 fully saturated rings. The van der Waals surface area contributed by atoms with Gasteiger partial charge in [-0.05, 0) is 47.7 Å². The second kappa shape index (κ2) is 8.30. The van der Waals surface area contributed by atoms with Crippen LogP contribution in [0, 0.1) is 5.82 Å². The average molecular weight is 452 g/mol. The third-order valence-corrected chi connectivity index (χ3v) is 4.90. The molecule has 3 aromatic heterocycles. The van der Waals surface area contributed by atoms with E-state index in [0.29, 0.717) is 5.82 Å². The first-order valence-corrected chi connectivity index (χ1v) is 9.77. The molecule has 0 amide bonds. The van der Waals surface area contributed by atoms with E-state index in [9.17, 15) is 13.2 Å². The maximum absolute atomic E-state index is 14.6. The number of benzene rings is 2. The van der Waals surface area contributed by atoms with E-state index in [1.54, 1.807) is 7.05 Å². The standard InChI is InChI=1S/C21H15F3N8O/c1-25-17-7-5-11-8-12(4-6-16(11)26-17)19-27-31-32(30-19)10-14-3-2-13(9-15(14)22)20-28-29-21(33-20)18(23)24/h2-9,18H,10H2,1H3,(H,25,26). The van der Waals surface area contributed by atoms with Gasteiger partial charge in [-0.1, -0.05) is 6.07 Å². The Kier molecular flexibility index (Phi) is 5.17. The van der Waals surface area contributed by atoms with Gasteiger partial charge in [0.2, 0.25) is 11.7 Å². The van der Waals surface area contributed by atoms with Crippen LogP contribution in [0.25, 0.3) is 33.7 Å². The highest BCUT2D eigenvalue weighted by Crippen LogP contribution is 2.25. The number of pyridine rings is 1. The molecule has 0 bridgehead atoms. The molecular weight excluding hydrogens is 437 g/mol. The Labute approximate surface area is 184 Å². The minimum absolute atomic E-state index is 0.0197. The normalized spacial score (nSPS) is 11.4. The van der Waals surface area contributed by atoms with E-state index < -0.39 is 18.1 Å². The Morgan fingerprint density at radius 1 is 1.00 bits per heavy atom. The van der Waals surface area contributed by atoms with Gasteiger partial charge in [-0.2, -0.15) is 13.6 Å². The van der Waals surface area contributed by atoms with Gasteiger partial charge in [0.25, 0.3) is 5.89 Å². The molecule has 0 aliphatic carbocycles. The summed E-state index contributed by atoms with van der Waals surface area (Å²) in [7, 11) is 1.80. The van der Waals surface area contributed by atoms with Crippen molar-refractivity contribution < 1.29 is 17.6 Å². The monoisotopic (exact) mass is 452 g/mol. The first kappa shape index (κ1) is 20.5. The van der Waals surface area contributed by atoms with Crippen LogP contribution in [-0.4, -0.2) is 42.4 Å². The lowest BCUT2D eigenvalue weighted by molar-refractivity contribution is 0.116. The maximum Gasteiger partial charge on any atom is 0.314 e. The zero-order valence-electron chi connectivity index (χ0n) is 17.1. The summed E-state index contributed by atoms with van der Waals surface area (Å²) < 4.78 is 44.7. The number of nitrogens with one attached hydrogen (secondary N) is 1. The molecule has 0 unspecified atom stereocenters. The fraction of sp³-hybridized carbons (Fsp3) is 0.143. The van der Waals surface area contributed by atoms with Gasteiger partial charge in [-0.15, -0.1) is 20.4 Å². The number of rotatable bonds is 6. The second-order valence-corrected chi connectivity index (χ2v) is 7.05. The molecule has 2 aromatic carbocycles. The molecule has 9 nitrogen and oxygen atoms in total. The van der Waals surface area contributed by atoms with Crippen LogP contribution in [-0.2, 0) is 6.54 Å². The zero-order valence-corrected chi connectivity index (χ0v) is 17.1. The topological polar surface area (TPSA) is 107 Å². The van der Waals surface area contributed by atoms with Crippen molar-refractivity contribution in [2.24, 2.45) is 0 Å². The molecule has 0 atom stereocenters. The van der Waals surface area contributed by atoms with Gasteiger partial charge in [-0.3, -0.25) is 0 Å². The van der Waals surface area contributed by atoms with E-state index in [1.165, 1.54) is 16.9 Å². The van der Waals surface area contributed by atoms with E-state index in [1.807, 2.05) is 30.3 Å². The van der Waals surface area contributed by atoms with E-state index in [-0.39, 0.29) is 23.6 Å². The fourth-order valence-corrected chi connectivity index (χ4v) is 3.23. The van der Waals surface area contributed by atoms with Gasteiger partial charge in [0.1, 0.15) is 11.6 Å². The number of fused-ring (bicyclic) bond motifs is 1. The average Bonchev–Trinajstić information content (AvgIpc) is 3.50. The molecule has 3 heterocycles. The van der Waals surface area contributed by atoms with Crippen LogP contribution in [0.4, 0.5) is 19.0 Å². The van der Waals surface area contributed by atoms with E-state index in [4.69, 9.17) is 4.42 Å². The third kappa shape index (κ3) is 4.10. The number of halogens is 3. The van der Waals surface area contributed by atoms with Crippen molar-refractivity contribution in [1.29, 1.82) is 0 Å². The highest BCUT2D eigenvalue weighted by Gasteiger charge is 2.18. The van der Waals surface area contributed by atoms with Gasteiger partial charge in [-0.25, -0.2) is 9.37 Å². The lowest BCUT2D eigenvalue weighted by atomic mass is 10.1.